The van der Waals surface area contributed by atoms with Crippen molar-refractivity contribution in [3.05, 3.63) is 28.3 Å². The van der Waals surface area contributed by atoms with E-state index < -0.39 is 11.2 Å². The number of hydrogen-bond donors (Lipinski definition) is 2. The number of nitrogens with zero attached hydrogens (tertiary/aromatic N) is 1. The van der Waals surface area contributed by atoms with Crippen LogP contribution in [0.1, 0.15) is 0 Å². The van der Waals surface area contributed by atoms with Crippen LogP contribution in [0.3, 0.4) is 0 Å². The van der Waals surface area contributed by atoms with Crippen LogP contribution in [0.2, 0.25) is 0 Å². The van der Waals surface area contributed by atoms with Crippen LogP contribution in [-0.4, -0.2) is 17.7 Å². The molecular weight excluding hydrogens is 186 g/mol. The van der Waals surface area contributed by atoms with Crippen LogP contribution in [0.4, 0.5) is 11.4 Å². The van der Waals surface area contributed by atoms with E-state index >= 15 is 0 Å². The van der Waals surface area contributed by atoms with E-state index in [0.29, 0.717) is 18.0 Å². The summed E-state index contributed by atoms with van der Waals surface area (Å²) in [4.78, 5) is 10.0. The van der Waals surface area contributed by atoms with E-state index in [1.807, 2.05) is 0 Å². The first-order valence-corrected chi connectivity index (χ1v) is 4.11. The van der Waals surface area contributed by atoms with Gasteiger partial charge in [-0.05, 0) is 6.07 Å². The van der Waals surface area contributed by atoms with Gasteiger partial charge in [0.2, 0.25) is 0 Å². The van der Waals surface area contributed by atoms with Crippen molar-refractivity contribution >= 4 is 11.4 Å². The van der Waals surface area contributed by atoms with Crippen LogP contribution < -0.4 is 15.8 Å². The monoisotopic (exact) mass is 195 g/mol. The van der Waals surface area contributed by atoms with Crippen LogP contribution in [0.5, 0.6) is 5.75 Å². The molecule has 0 bridgehead atoms. The third-order valence-corrected chi connectivity index (χ3v) is 1.95. The summed E-state index contributed by atoms with van der Waals surface area (Å²) in [5.74, 6) is 0.550. The fraction of sp³-hybridized carbons (Fsp3) is 0.250. The summed E-state index contributed by atoms with van der Waals surface area (Å²) in [6.45, 7) is 0.453. The van der Waals surface area contributed by atoms with Gasteiger partial charge in [-0.15, -0.1) is 0 Å². The lowest BCUT2D eigenvalue weighted by Gasteiger charge is -2.23. The number of non-ortho nitro benzene ring substituents is 1. The summed E-state index contributed by atoms with van der Waals surface area (Å²) in [7, 11) is 0. The van der Waals surface area contributed by atoms with Gasteiger partial charge in [0.25, 0.3) is 5.69 Å². The summed E-state index contributed by atoms with van der Waals surface area (Å²) in [5, 5.41) is 13.4. The van der Waals surface area contributed by atoms with Crippen LogP contribution in [0, 0.1) is 10.1 Å². The number of nitro groups is 1. The molecule has 2 rings (SSSR count). The molecule has 0 saturated heterocycles. The molecule has 1 atom stereocenters. The van der Waals surface area contributed by atoms with E-state index in [1.54, 1.807) is 6.07 Å². The number of ether oxygens (including phenoxy) is 1. The molecule has 1 aliphatic heterocycles. The second-order valence-corrected chi connectivity index (χ2v) is 2.97. The molecule has 1 heterocycles. The molecule has 0 fully saturated rings. The van der Waals surface area contributed by atoms with Gasteiger partial charge in [0, 0.05) is 12.1 Å². The maximum Gasteiger partial charge on any atom is 0.271 e. The molecule has 6 heteroatoms. The number of rotatable bonds is 1. The highest BCUT2D eigenvalue weighted by molar-refractivity contribution is 5.62. The van der Waals surface area contributed by atoms with E-state index in [1.165, 1.54) is 12.1 Å². The van der Waals surface area contributed by atoms with Gasteiger partial charge in [-0.2, -0.15) is 0 Å². The van der Waals surface area contributed by atoms with E-state index in [9.17, 15) is 10.1 Å². The number of anilines is 1. The number of nitro benzene ring substituents is 1. The van der Waals surface area contributed by atoms with Crippen molar-refractivity contribution in [1.29, 1.82) is 0 Å². The Kier molecular flexibility index (Phi) is 1.97. The minimum absolute atomic E-state index is 0.0373. The minimum Gasteiger partial charge on any atom is -0.472 e. The van der Waals surface area contributed by atoms with Crippen molar-refractivity contribution in [1.82, 2.24) is 0 Å². The lowest BCUT2D eigenvalue weighted by molar-refractivity contribution is -0.384. The maximum absolute atomic E-state index is 10.5. The Morgan fingerprint density at radius 3 is 3.14 bits per heavy atom. The highest BCUT2D eigenvalue weighted by Gasteiger charge is 2.18. The Morgan fingerprint density at radius 1 is 1.64 bits per heavy atom. The molecule has 1 aliphatic rings. The number of benzene rings is 1. The fourth-order valence-electron chi connectivity index (χ4n) is 1.29. The Bertz CT molecular complexity index is 380. The molecule has 0 spiro atoms. The number of nitrogens with one attached hydrogen (secondary N) is 1. The van der Waals surface area contributed by atoms with E-state index in [0.717, 1.165) is 0 Å². The molecule has 1 aromatic rings. The lowest BCUT2D eigenvalue weighted by Crippen LogP contribution is -2.38. The quantitative estimate of drug-likeness (QED) is 0.508. The predicted octanol–water partition coefficient (Wildman–Crippen LogP) is 0.684. The van der Waals surface area contributed by atoms with Crippen molar-refractivity contribution in [2.24, 2.45) is 5.73 Å². The minimum atomic E-state index is -0.448. The normalized spacial score (nSPS) is 19.1. The Balaban J connectivity index is 2.36. The van der Waals surface area contributed by atoms with Crippen molar-refractivity contribution in [2.75, 3.05) is 11.9 Å². The van der Waals surface area contributed by atoms with Crippen LogP contribution >= 0.6 is 0 Å². The summed E-state index contributed by atoms with van der Waals surface area (Å²) >= 11 is 0. The molecule has 0 aliphatic carbocycles. The van der Waals surface area contributed by atoms with Crippen LogP contribution in [0.15, 0.2) is 18.2 Å². The summed E-state index contributed by atoms with van der Waals surface area (Å²) in [6.07, 6.45) is -0.399. The second kappa shape index (κ2) is 3.15. The summed E-state index contributed by atoms with van der Waals surface area (Å²) < 4.78 is 5.26. The molecule has 1 aromatic carbocycles. The van der Waals surface area contributed by atoms with E-state index in [4.69, 9.17) is 10.5 Å². The average Bonchev–Trinajstić information content (AvgIpc) is 2.16. The Morgan fingerprint density at radius 2 is 2.43 bits per heavy atom. The first kappa shape index (κ1) is 8.76. The van der Waals surface area contributed by atoms with Crippen LogP contribution in [0.25, 0.3) is 0 Å². The zero-order chi connectivity index (χ0) is 10.1. The van der Waals surface area contributed by atoms with E-state index in [2.05, 4.69) is 5.32 Å². The van der Waals surface area contributed by atoms with Gasteiger partial charge in [-0.25, -0.2) is 0 Å². The van der Waals surface area contributed by atoms with E-state index in [-0.39, 0.29) is 5.69 Å². The van der Waals surface area contributed by atoms with Crippen LogP contribution in [-0.2, 0) is 0 Å². The topological polar surface area (TPSA) is 90.4 Å². The first-order valence-electron chi connectivity index (χ1n) is 4.11. The maximum atomic E-state index is 10.5. The van der Waals surface area contributed by atoms with Gasteiger partial charge < -0.3 is 10.1 Å². The Labute approximate surface area is 79.8 Å². The number of nitrogens with two attached hydrogens (primary N) is 1. The molecule has 0 saturated carbocycles. The summed E-state index contributed by atoms with van der Waals surface area (Å²) in [6, 6.07) is 4.36. The van der Waals surface area contributed by atoms with Gasteiger partial charge in [-0.3, -0.25) is 15.8 Å². The van der Waals surface area contributed by atoms with Gasteiger partial charge in [0.1, 0.15) is 5.75 Å². The fourth-order valence-corrected chi connectivity index (χ4v) is 1.29. The third kappa shape index (κ3) is 1.47. The highest BCUT2D eigenvalue weighted by atomic mass is 16.6. The average molecular weight is 195 g/mol. The molecule has 0 amide bonds. The standard InChI is InChI=1S/C8H9N3O3/c9-8-4-10-6-3-5(11(12)13)1-2-7(6)14-8/h1-3,8,10H,4,9H2. The second-order valence-electron chi connectivity index (χ2n) is 2.97. The summed E-state index contributed by atoms with van der Waals surface area (Å²) in [5.41, 5.74) is 6.18. The molecule has 3 N–H and O–H groups in total. The highest BCUT2D eigenvalue weighted by Crippen LogP contribution is 2.31. The zero-order valence-electron chi connectivity index (χ0n) is 7.27. The van der Waals surface area contributed by atoms with Gasteiger partial charge in [-0.1, -0.05) is 0 Å². The van der Waals surface area contributed by atoms with Crippen molar-refractivity contribution in [3.63, 3.8) is 0 Å². The lowest BCUT2D eigenvalue weighted by atomic mass is 10.2. The van der Waals surface area contributed by atoms with Crippen molar-refractivity contribution < 1.29 is 9.66 Å². The molecule has 1 unspecified atom stereocenters. The molecule has 0 aromatic heterocycles. The van der Waals surface area contributed by atoms with Crippen molar-refractivity contribution in [2.45, 2.75) is 6.23 Å². The number of fused-ring (bicyclic) bond motifs is 1. The SMILES string of the molecule is NC1CNc2cc([N+](=O)[O-])ccc2O1. The first-order chi connectivity index (χ1) is 6.66. The molecule has 14 heavy (non-hydrogen) atoms. The van der Waals surface area contributed by atoms with Gasteiger partial charge in [0.05, 0.1) is 17.2 Å². The molecular formula is C8H9N3O3. The Hall–Kier alpha value is -1.82. The number of hydrogen-bond acceptors (Lipinski definition) is 5. The smallest absolute Gasteiger partial charge is 0.271 e. The van der Waals surface area contributed by atoms with Crippen molar-refractivity contribution in [3.8, 4) is 5.75 Å². The molecule has 0 radical (unpaired) electrons. The van der Waals surface area contributed by atoms with Gasteiger partial charge in [0.15, 0.2) is 6.23 Å². The third-order valence-electron chi connectivity index (χ3n) is 1.95. The van der Waals surface area contributed by atoms with Gasteiger partial charge >= 0.3 is 0 Å². The molecule has 6 nitrogen and oxygen atoms in total. The molecule has 74 valence electrons. The predicted molar refractivity (Wildman–Crippen MR) is 50.2 cm³/mol. The largest absolute Gasteiger partial charge is 0.472 e. The zero-order valence-corrected chi connectivity index (χ0v) is 7.27.